The smallest absolute Gasteiger partial charge is 0.358 e. The molecule has 22 heavy (non-hydrogen) atoms. The Morgan fingerprint density at radius 3 is 2.68 bits per heavy atom. The summed E-state index contributed by atoms with van der Waals surface area (Å²) in [4.78, 5) is 21.9. The SMILES string of the molecule is Cc1nn(C)cc1CNC(=O)CCn1nc([N+](=O)[O-])cc1C. The zero-order valence-electron chi connectivity index (χ0n) is 12.7. The predicted molar refractivity (Wildman–Crippen MR) is 78.0 cm³/mol. The van der Waals surface area contributed by atoms with Crippen LogP contribution in [0.1, 0.15) is 23.4 Å². The highest BCUT2D eigenvalue weighted by Crippen LogP contribution is 2.11. The van der Waals surface area contributed by atoms with E-state index in [4.69, 9.17) is 0 Å². The number of aryl methyl sites for hydroxylation is 4. The number of nitro groups is 1. The van der Waals surface area contributed by atoms with E-state index in [0.29, 0.717) is 18.8 Å². The van der Waals surface area contributed by atoms with Gasteiger partial charge < -0.3 is 15.4 Å². The highest BCUT2D eigenvalue weighted by Gasteiger charge is 2.16. The van der Waals surface area contributed by atoms with Gasteiger partial charge in [-0.25, -0.2) is 0 Å². The van der Waals surface area contributed by atoms with E-state index in [9.17, 15) is 14.9 Å². The number of aromatic nitrogens is 4. The van der Waals surface area contributed by atoms with E-state index in [1.54, 1.807) is 11.6 Å². The fourth-order valence-corrected chi connectivity index (χ4v) is 2.12. The first-order valence-corrected chi connectivity index (χ1v) is 6.81. The molecule has 0 aliphatic heterocycles. The minimum absolute atomic E-state index is 0.138. The summed E-state index contributed by atoms with van der Waals surface area (Å²) in [5, 5.41) is 21.5. The van der Waals surface area contributed by atoms with Crippen LogP contribution >= 0.6 is 0 Å². The minimum Gasteiger partial charge on any atom is -0.358 e. The molecule has 2 aromatic rings. The molecule has 0 bridgehead atoms. The van der Waals surface area contributed by atoms with Crippen molar-refractivity contribution in [1.29, 1.82) is 0 Å². The Hall–Kier alpha value is -2.71. The highest BCUT2D eigenvalue weighted by molar-refractivity contribution is 5.75. The average Bonchev–Trinajstić information content (AvgIpc) is 2.97. The van der Waals surface area contributed by atoms with Crippen LogP contribution in [0.3, 0.4) is 0 Å². The Balaban J connectivity index is 1.85. The molecule has 1 amide bonds. The van der Waals surface area contributed by atoms with Crippen molar-refractivity contribution in [3.63, 3.8) is 0 Å². The second-order valence-corrected chi connectivity index (χ2v) is 5.06. The van der Waals surface area contributed by atoms with Gasteiger partial charge in [-0.1, -0.05) is 0 Å². The summed E-state index contributed by atoms with van der Waals surface area (Å²) in [7, 11) is 1.83. The van der Waals surface area contributed by atoms with Crippen molar-refractivity contribution in [1.82, 2.24) is 24.9 Å². The van der Waals surface area contributed by atoms with Gasteiger partial charge >= 0.3 is 5.82 Å². The fraction of sp³-hybridized carbons (Fsp3) is 0.462. The second-order valence-electron chi connectivity index (χ2n) is 5.06. The number of carbonyl (C=O) groups is 1. The van der Waals surface area contributed by atoms with Crippen molar-refractivity contribution < 1.29 is 9.72 Å². The molecule has 2 rings (SSSR count). The molecule has 0 aliphatic rings. The number of rotatable bonds is 6. The van der Waals surface area contributed by atoms with Gasteiger partial charge in [0.25, 0.3) is 0 Å². The van der Waals surface area contributed by atoms with Gasteiger partial charge in [-0.05, 0) is 18.8 Å². The normalized spacial score (nSPS) is 10.7. The molecule has 0 radical (unpaired) electrons. The van der Waals surface area contributed by atoms with Crippen molar-refractivity contribution in [3.05, 3.63) is 39.3 Å². The molecule has 1 N–H and O–H groups in total. The molecule has 9 nitrogen and oxygen atoms in total. The fourth-order valence-electron chi connectivity index (χ4n) is 2.12. The van der Waals surface area contributed by atoms with Gasteiger partial charge in [-0.15, -0.1) is 0 Å². The van der Waals surface area contributed by atoms with Gasteiger partial charge in [0.1, 0.15) is 0 Å². The van der Waals surface area contributed by atoms with Crippen LogP contribution in [0.4, 0.5) is 5.82 Å². The molecule has 0 saturated heterocycles. The minimum atomic E-state index is -0.547. The zero-order chi connectivity index (χ0) is 16.3. The molecule has 0 aliphatic carbocycles. The molecule has 2 aromatic heterocycles. The van der Waals surface area contributed by atoms with E-state index >= 15 is 0 Å². The van der Waals surface area contributed by atoms with E-state index < -0.39 is 4.92 Å². The summed E-state index contributed by atoms with van der Waals surface area (Å²) in [5.41, 5.74) is 2.49. The number of nitrogens with zero attached hydrogens (tertiary/aromatic N) is 5. The summed E-state index contributed by atoms with van der Waals surface area (Å²) < 4.78 is 3.16. The summed E-state index contributed by atoms with van der Waals surface area (Å²) >= 11 is 0. The number of hydrogen-bond donors (Lipinski definition) is 1. The number of hydrogen-bond acceptors (Lipinski definition) is 5. The topological polar surface area (TPSA) is 108 Å². The summed E-state index contributed by atoms with van der Waals surface area (Å²) in [5.74, 6) is -0.343. The van der Waals surface area contributed by atoms with Gasteiger partial charge in [-0.2, -0.15) is 9.78 Å². The third-order valence-electron chi connectivity index (χ3n) is 3.30. The van der Waals surface area contributed by atoms with E-state index in [1.807, 2.05) is 20.2 Å². The van der Waals surface area contributed by atoms with Crippen molar-refractivity contribution in [2.45, 2.75) is 33.4 Å². The van der Waals surface area contributed by atoms with Crippen LogP contribution in [0.2, 0.25) is 0 Å². The summed E-state index contributed by atoms with van der Waals surface area (Å²) in [6, 6.07) is 1.39. The molecule has 0 spiro atoms. The lowest BCUT2D eigenvalue weighted by Gasteiger charge is -2.04. The Labute approximate surface area is 127 Å². The Morgan fingerprint density at radius 1 is 1.41 bits per heavy atom. The zero-order valence-corrected chi connectivity index (χ0v) is 12.7. The maximum atomic E-state index is 11.8. The number of nitrogens with one attached hydrogen (secondary N) is 1. The third-order valence-corrected chi connectivity index (χ3v) is 3.30. The van der Waals surface area contributed by atoms with Gasteiger partial charge in [-0.3, -0.25) is 9.48 Å². The monoisotopic (exact) mass is 306 g/mol. The Morgan fingerprint density at radius 2 is 2.14 bits per heavy atom. The van der Waals surface area contributed by atoms with Gasteiger partial charge in [0.2, 0.25) is 5.91 Å². The maximum absolute atomic E-state index is 11.8. The highest BCUT2D eigenvalue weighted by atomic mass is 16.6. The first-order chi connectivity index (χ1) is 10.4. The van der Waals surface area contributed by atoms with Crippen LogP contribution in [-0.2, 0) is 24.9 Å². The largest absolute Gasteiger partial charge is 0.390 e. The molecule has 0 fully saturated rings. The summed E-state index contributed by atoms with van der Waals surface area (Å²) in [6.45, 7) is 4.32. The van der Waals surface area contributed by atoms with Gasteiger partial charge in [0.15, 0.2) is 0 Å². The van der Waals surface area contributed by atoms with Crippen molar-refractivity contribution in [2.75, 3.05) is 0 Å². The van der Waals surface area contributed by atoms with E-state index in [2.05, 4.69) is 15.5 Å². The standard InChI is InChI=1S/C13H18N6O3/c1-9-6-12(19(21)22)16-18(9)5-4-13(20)14-7-11-8-17(3)15-10(11)2/h6,8H,4-5,7H2,1-3H3,(H,14,20). The van der Waals surface area contributed by atoms with Crippen LogP contribution in [0.25, 0.3) is 0 Å². The lowest BCUT2D eigenvalue weighted by Crippen LogP contribution is -2.24. The molecule has 0 saturated carbocycles. The van der Waals surface area contributed by atoms with Crippen LogP contribution in [0, 0.1) is 24.0 Å². The first-order valence-electron chi connectivity index (χ1n) is 6.81. The lowest BCUT2D eigenvalue weighted by atomic mass is 10.2. The Bertz CT molecular complexity index is 703. The van der Waals surface area contributed by atoms with Crippen LogP contribution < -0.4 is 5.32 Å². The van der Waals surface area contributed by atoms with E-state index in [1.165, 1.54) is 10.7 Å². The van der Waals surface area contributed by atoms with Crippen molar-refractivity contribution in [3.8, 4) is 0 Å². The molecule has 2 heterocycles. The van der Waals surface area contributed by atoms with Crippen LogP contribution in [0.5, 0.6) is 0 Å². The predicted octanol–water partition coefficient (Wildman–Crippen LogP) is 0.848. The van der Waals surface area contributed by atoms with Crippen molar-refractivity contribution >= 4 is 11.7 Å². The molecular weight excluding hydrogens is 288 g/mol. The first kappa shape index (κ1) is 15.7. The molecular formula is C13H18N6O3. The number of amides is 1. The van der Waals surface area contributed by atoms with E-state index in [0.717, 1.165) is 11.3 Å². The van der Waals surface area contributed by atoms with Crippen molar-refractivity contribution in [2.24, 2.45) is 7.05 Å². The number of carbonyl (C=O) groups excluding carboxylic acids is 1. The average molecular weight is 306 g/mol. The third kappa shape index (κ3) is 3.68. The lowest BCUT2D eigenvalue weighted by molar-refractivity contribution is -0.389. The second kappa shape index (κ2) is 6.37. The quantitative estimate of drug-likeness (QED) is 0.628. The molecule has 118 valence electrons. The molecule has 0 aromatic carbocycles. The maximum Gasteiger partial charge on any atom is 0.390 e. The van der Waals surface area contributed by atoms with Crippen LogP contribution in [-0.4, -0.2) is 30.4 Å². The molecule has 0 unspecified atom stereocenters. The summed E-state index contributed by atoms with van der Waals surface area (Å²) in [6.07, 6.45) is 2.07. The van der Waals surface area contributed by atoms with Gasteiger partial charge in [0.05, 0.1) is 29.1 Å². The Kier molecular flexibility index (Phi) is 4.54. The molecule has 0 atom stereocenters. The van der Waals surface area contributed by atoms with E-state index in [-0.39, 0.29) is 18.1 Å². The van der Waals surface area contributed by atoms with Gasteiger partial charge in [0, 0.05) is 31.8 Å². The molecule has 9 heteroatoms. The van der Waals surface area contributed by atoms with Crippen LogP contribution in [0.15, 0.2) is 12.3 Å².